The van der Waals surface area contributed by atoms with Crippen LogP contribution in [0.2, 0.25) is 0 Å². The summed E-state index contributed by atoms with van der Waals surface area (Å²) in [5, 5.41) is 14.8. The average Bonchev–Trinajstić information content (AvgIpc) is 2.83. The SMILES string of the molecule is O=C(O)C(=O)O.c1ccc([I-]c2ccccc2)cc1.c1ccc([I-]c2ccccc2)cc1. The molecule has 4 aromatic rings. The van der Waals surface area contributed by atoms with Gasteiger partial charge in [0.1, 0.15) is 0 Å². The van der Waals surface area contributed by atoms with Crippen LogP contribution < -0.4 is 42.4 Å². The van der Waals surface area contributed by atoms with Crippen LogP contribution >= 0.6 is 0 Å². The molecule has 0 atom stereocenters. The molecule has 4 aromatic carbocycles. The first-order valence-corrected chi connectivity index (χ1v) is 13.8. The Hall–Kier alpha value is -2.72. The van der Waals surface area contributed by atoms with Gasteiger partial charge in [-0.1, -0.05) is 0 Å². The molecule has 0 amide bonds. The van der Waals surface area contributed by atoms with Crippen LogP contribution in [-0.2, 0) is 9.59 Å². The molecule has 0 bridgehead atoms. The van der Waals surface area contributed by atoms with E-state index in [1.165, 1.54) is 14.3 Å². The molecule has 4 rings (SSSR count). The van der Waals surface area contributed by atoms with Crippen molar-refractivity contribution in [2.45, 2.75) is 0 Å². The van der Waals surface area contributed by atoms with Gasteiger partial charge in [0.2, 0.25) is 0 Å². The van der Waals surface area contributed by atoms with Crippen LogP contribution in [0.25, 0.3) is 0 Å². The van der Waals surface area contributed by atoms with E-state index in [1.54, 1.807) is 0 Å². The molecule has 0 aliphatic carbocycles. The second kappa shape index (κ2) is 15.1. The van der Waals surface area contributed by atoms with Crippen molar-refractivity contribution in [2.24, 2.45) is 0 Å². The first-order chi connectivity index (χ1) is 15.5. The Morgan fingerprint density at radius 2 is 0.594 bits per heavy atom. The second-order valence-corrected chi connectivity index (χ2v) is 12.0. The second-order valence-electron chi connectivity index (χ2n) is 5.98. The first-order valence-electron chi connectivity index (χ1n) is 9.50. The monoisotopic (exact) mass is 652 g/mol. The minimum absolute atomic E-state index is 0.0287. The summed E-state index contributed by atoms with van der Waals surface area (Å²) in [6, 6.07) is 42.8. The summed E-state index contributed by atoms with van der Waals surface area (Å²) < 4.78 is 5.92. The number of rotatable bonds is 4. The molecule has 0 aromatic heterocycles. The fourth-order valence-electron chi connectivity index (χ4n) is 2.16. The van der Waals surface area contributed by atoms with E-state index in [2.05, 4.69) is 121 Å². The van der Waals surface area contributed by atoms with Gasteiger partial charge in [0.05, 0.1) is 0 Å². The van der Waals surface area contributed by atoms with Crippen molar-refractivity contribution in [1.29, 1.82) is 0 Å². The van der Waals surface area contributed by atoms with Crippen molar-refractivity contribution < 1.29 is 62.2 Å². The molecule has 0 saturated carbocycles. The number of halogens is 2. The Morgan fingerprint density at radius 3 is 0.750 bits per heavy atom. The summed E-state index contributed by atoms with van der Waals surface area (Å²) >= 11 is 0.0574. The molecule has 0 heterocycles. The molecule has 0 aliphatic heterocycles. The van der Waals surface area contributed by atoms with Crippen LogP contribution in [0.5, 0.6) is 0 Å². The van der Waals surface area contributed by atoms with Gasteiger partial charge >= 0.3 is 190 Å². The Bertz CT molecular complexity index is 894. The quantitative estimate of drug-likeness (QED) is 0.215. The number of hydrogen-bond donors (Lipinski definition) is 2. The van der Waals surface area contributed by atoms with Crippen LogP contribution in [-0.4, -0.2) is 22.2 Å². The van der Waals surface area contributed by atoms with Crippen molar-refractivity contribution >= 4 is 11.9 Å². The zero-order valence-corrected chi connectivity index (χ0v) is 21.3. The van der Waals surface area contributed by atoms with Gasteiger partial charge in [0.25, 0.3) is 0 Å². The third-order valence-corrected chi connectivity index (χ3v) is 8.92. The molecule has 0 fully saturated rings. The van der Waals surface area contributed by atoms with E-state index < -0.39 is 11.9 Å². The van der Waals surface area contributed by atoms with E-state index in [0.29, 0.717) is 0 Å². The van der Waals surface area contributed by atoms with Crippen molar-refractivity contribution in [3.05, 3.63) is 136 Å². The van der Waals surface area contributed by atoms with Gasteiger partial charge in [0, 0.05) is 0 Å². The molecule has 6 heteroatoms. The van der Waals surface area contributed by atoms with Crippen LogP contribution in [0, 0.1) is 14.3 Å². The van der Waals surface area contributed by atoms with Crippen molar-refractivity contribution in [2.75, 3.05) is 0 Å². The molecule has 0 radical (unpaired) electrons. The standard InChI is InChI=1S/2C12H10I.C2H2O4/c2*1-3-7-11(8-4-1)13-12-9-5-2-6-10-12;3-1(4)2(5)6/h2*1-10H;(H,3,4)(H,5,6)/q2*-1;. The number of aliphatic carboxylic acids is 2. The summed E-state index contributed by atoms with van der Waals surface area (Å²) in [5.74, 6) is -3.65. The van der Waals surface area contributed by atoms with Crippen LogP contribution in [0.3, 0.4) is 0 Å². The number of hydrogen-bond acceptors (Lipinski definition) is 2. The number of carboxylic acid groups (broad SMARTS) is 2. The van der Waals surface area contributed by atoms with E-state index in [0.717, 1.165) is 0 Å². The Kier molecular flexibility index (Phi) is 12.1. The molecule has 0 aliphatic rings. The molecule has 2 N–H and O–H groups in total. The topological polar surface area (TPSA) is 74.6 Å². The average molecular weight is 652 g/mol. The van der Waals surface area contributed by atoms with Gasteiger partial charge < -0.3 is 10.2 Å². The van der Waals surface area contributed by atoms with Crippen molar-refractivity contribution in [3.63, 3.8) is 0 Å². The Morgan fingerprint density at radius 1 is 0.406 bits per heavy atom. The van der Waals surface area contributed by atoms with Crippen LogP contribution in [0.15, 0.2) is 121 Å². The Balaban J connectivity index is 0.000000183. The summed E-state index contributed by atoms with van der Waals surface area (Å²) in [7, 11) is 0. The number of carbonyl (C=O) groups is 2. The first kappa shape index (κ1) is 25.5. The Labute approximate surface area is 208 Å². The molecule has 32 heavy (non-hydrogen) atoms. The van der Waals surface area contributed by atoms with Gasteiger partial charge in [-0.3, -0.25) is 0 Å². The fourth-order valence-corrected chi connectivity index (χ4v) is 6.70. The van der Waals surface area contributed by atoms with Crippen molar-refractivity contribution in [3.8, 4) is 0 Å². The van der Waals surface area contributed by atoms with Gasteiger partial charge in [-0.15, -0.1) is 0 Å². The molecule has 0 saturated heterocycles. The van der Waals surface area contributed by atoms with Gasteiger partial charge in [-0.05, 0) is 0 Å². The summed E-state index contributed by atoms with van der Waals surface area (Å²) in [6.07, 6.45) is 0. The minimum atomic E-state index is -1.82. The maximum atomic E-state index is 9.10. The van der Waals surface area contributed by atoms with Gasteiger partial charge in [-0.25, -0.2) is 9.59 Å². The fraction of sp³-hybridized carbons (Fsp3) is 0. The summed E-state index contributed by atoms with van der Waals surface area (Å²) in [5.41, 5.74) is 0. The number of carboxylic acids is 2. The van der Waals surface area contributed by atoms with Crippen molar-refractivity contribution in [1.82, 2.24) is 0 Å². The van der Waals surface area contributed by atoms with Crippen LogP contribution in [0.1, 0.15) is 0 Å². The third-order valence-electron chi connectivity index (χ3n) is 3.55. The normalized spacial score (nSPS) is 9.62. The van der Waals surface area contributed by atoms with Crippen LogP contribution in [0.4, 0.5) is 0 Å². The van der Waals surface area contributed by atoms with Gasteiger partial charge in [-0.2, -0.15) is 0 Å². The van der Waals surface area contributed by atoms with E-state index in [-0.39, 0.29) is 42.4 Å². The van der Waals surface area contributed by atoms with E-state index in [1.807, 2.05) is 0 Å². The van der Waals surface area contributed by atoms with E-state index in [4.69, 9.17) is 19.8 Å². The number of benzene rings is 4. The zero-order chi connectivity index (χ0) is 23.0. The molecule has 166 valence electrons. The predicted octanol–water partition coefficient (Wildman–Crippen LogP) is -1.21. The molecular formula is C26H22I2O4-2. The molecule has 0 spiro atoms. The predicted molar refractivity (Wildman–Crippen MR) is 116 cm³/mol. The van der Waals surface area contributed by atoms with E-state index >= 15 is 0 Å². The molecule has 4 nitrogen and oxygen atoms in total. The van der Waals surface area contributed by atoms with Gasteiger partial charge in [0.15, 0.2) is 0 Å². The zero-order valence-electron chi connectivity index (χ0n) is 17.0. The maximum absolute atomic E-state index is 9.10. The van der Waals surface area contributed by atoms with E-state index in [9.17, 15) is 0 Å². The third kappa shape index (κ3) is 11.1. The summed E-state index contributed by atoms with van der Waals surface area (Å²) in [4.78, 5) is 18.2. The molecular weight excluding hydrogens is 630 g/mol. The summed E-state index contributed by atoms with van der Waals surface area (Å²) in [6.45, 7) is 0. The molecule has 0 unspecified atom stereocenters.